The Balaban J connectivity index is 1.85. The fraction of sp³-hybridized carbons (Fsp3) is 0.375. The smallest absolute Gasteiger partial charge is 0.0697 e. The van der Waals surface area contributed by atoms with Crippen molar-refractivity contribution in [3.8, 4) is 6.07 Å². The minimum absolute atomic E-state index is 0.333. The summed E-state index contributed by atoms with van der Waals surface area (Å²) >= 11 is 0. The van der Waals surface area contributed by atoms with E-state index in [1.165, 1.54) is 5.56 Å². The maximum atomic E-state index is 8.95. The van der Waals surface area contributed by atoms with Gasteiger partial charge in [-0.15, -0.1) is 0 Å². The molecule has 4 heteroatoms. The van der Waals surface area contributed by atoms with Gasteiger partial charge in [-0.25, -0.2) is 0 Å². The van der Waals surface area contributed by atoms with Crippen molar-refractivity contribution in [2.45, 2.75) is 26.9 Å². The van der Waals surface area contributed by atoms with Gasteiger partial charge in [0.05, 0.1) is 24.2 Å². The predicted octanol–water partition coefficient (Wildman–Crippen LogP) is 2.57. The standard InChI is InChI=1S/C16H20N4/c1-16(2,12-17)13-18-8-15-9-19-20(11-15)10-14-6-4-3-5-7-14/h3-7,9,11,18H,8,10,13H2,1-2H3. The van der Waals surface area contributed by atoms with E-state index in [9.17, 15) is 0 Å². The van der Waals surface area contributed by atoms with E-state index in [2.05, 4.69) is 28.6 Å². The molecule has 1 N–H and O–H groups in total. The monoisotopic (exact) mass is 268 g/mol. The lowest BCUT2D eigenvalue weighted by molar-refractivity contribution is 0.445. The molecule has 1 aromatic carbocycles. The Kier molecular flexibility index (Phi) is 4.54. The van der Waals surface area contributed by atoms with Gasteiger partial charge in [-0.3, -0.25) is 4.68 Å². The van der Waals surface area contributed by atoms with Crippen molar-refractivity contribution >= 4 is 0 Å². The van der Waals surface area contributed by atoms with Crippen LogP contribution >= 0.6 is 0 Å². The normalized spacial score (nSPS) is 11.2. The average molecular weight is 268 g/mol. The summed E-state index contributed by atoms with van der Waals surface area (Å²) in [7, 11) is 0. The maximum absolute atomic E-state index is 8.95. The molecule has 0 aliphatic heterocycles. The maximum Gasteiger partial charge on any atom is 0.0697 e. The molecule has 0 spiro atoms. The van der Waals surface area contributed by atoms with Gasteiger partial charge in [-0.1, -0.05) is 30.3 Å². The number of hydrogen-bond donors (Lipinski definition) is 1. The molecule has 0 radical (unpaired) electrons. The van der Waals surface area contributed by atoms with Crippen LogP contribution in [0, 0.1) is 16.7 Å². The molecule has 0 unspecified atom stereocenters. The molecule has 0 atom stereocenters. The first kappa shape index (κ1) is 14.3. The number of aromatic nitrogens is 2. The molecule has 0 amide bonds. The summed E-state index contributed by atoms with van der Waals surface area (Å²) in [5.74, 6) is 0. The van der Waals surface area contributed by atoms with Crippen LogP contribution < -0.4 is 5.32 Å². The first-order valence-electron chi connectivity index (χ1n) is 6.76. The van der Waals surface area contributed by atoms with E-state index in [1.54, 1.807) is 0 Å². The SMILES string of the molecule is CC(C)(C#N)CNCc1cnn(Cc2ccccc2)c1. The lowest BCUT2D eigenvalue weighted by Crippen LogP contribution is -2.27. The van der Waals surface area contributed by atoms with Gasteiger partial charge >= 0.3 is 0 Å². The van der Waals surface area contributed by atoms with Gasteiger partial charge in [0.2, 0.25) is 0 Å². The first-order valence-corrected chi connectivity index (χ1v) is 6.76. The van der Waals surface area contributed by atoms with Gasteiger partial charge in [0, 0.05) is 24.8 Å². The van der Waals surface area contributed by atoms with Crippen LogP contribution in [-0.4, -0.2) is 16.3 Å². The molecule has 1 heterocycles. The molecule has 0 aliphatic rings. The zero-order valence-corrected chi connectivity index (χ0v) is 12.0. The molecule has 0 bridgehead atoms. The van der Waals surface area contributed by atoms with Gasteiger partial charge in [-0.05, 0) is 19.4 Å². The summed E-state index contributed by atoms with van der Waals surface area (Å²) in [5.41, 5.74) is 2.04. The quantitative estimate of drug-likeness (QED) is 0.876. The van der Waals surface area contributed by atoms with Crippen LogP contribution in [0.25, 0.3) is 0 Å². The van der Waals surface area contributed by atoms with Crippen molar-refractivity contribution in [1.29, 1.82) is 5.26 Å². The number of nitriles is 1. The summed E-state index contributed by atoms with van der Waals surface area (Å²) in [6.07, 6.45) is 3.91. The Bertz CT molecular complexity index is 578. The van der Waals surface area contributed by atoms with Crippen molar-refractivity contribution in [2.24, 2.45) is 5.41 Å². The molecule has 2 aromatic rings. The van der Waals surface area contributed by atoms with Crippen LogP contribution in [0.3, 0.4) is 0 Å². The van der Waals surface area contributed by atoms with Crippen molar-refractivity contribution in [1.82, 2.24) is 15.1 Å². The second kappa shape index (κ2) is 6.36. The van der Waals surface area contributed by atoms with E-state index in [0.717, 1.165) is 18.7 Å². The van der Waals surface area contributed by atoms with E-state index in [4.69, 9.17) is 5.26 Å². The molecule has 0 fully saturated rings. The molecule has 4 nitrogen and oxygen atoms in total. The predicted molar refractivity (Wildman–Crippen MR) is 78.9 cm³/mol. The zero-order chi connectivity index (χ0) is 14.4. The third-order valence-electron chi connectivity index (χ3n) is 3.07. The van der Waals surface area contributed by atoms with Crippen molar-refractivity contribution in [2.75, 3.05) is 6.54 Å². The fourth-order valence-corrected chi connectivity index (χ4v) is 1.91. The second-order valence-electron chi connectivity index (χ2n) is 5.63. The first-order chi connectivity index (χ1) is 9.59. The van der Waals surface area contributed by atoms with Gasteiger partial charge in [0.15, 0.2) is 0 Å². The van der Waals surface area contributed by atoms with Crippen LogP contribution in [0.15, 0.2) is 42.7 Å². The Morgan fingerprint density at radius 3 is 2.70 bits per heavy atom. The lowest BCUT2D eigenvalue weighted by Gasteiger charge is -2.15. The molecule has 104 valence electrons. The number of nitrogens with one attached hydrogen (secondary N) is 1. The second-order valence-corrected chi connectivity index (χ2v) is 5.63. The van der Waals surface area contributed by atoms with Gasteiger partial charge < -0.3 is 5.32 Å². The highest BCUT2D eigenvalue weighted by Crippen LogP contribution is 2.11. The zero-order valence-electron chi connectivity index (χ0n) is 12.0. The number of hydrogen-bond acceptors (Lipinski definition) is 3. The minimum Gasteiger partial charge on any atom is -0.311 e. The highest BCUT2D eigenvalue weighted by molar-refractivity contribution is 5.15. The molecule has 0 saturated carbocycles. The minimum atomic E-state index is -0.333. The summed E-state index contributed by atoms with van der Waals surface area (Å²) in [6, 6.07) is 12.5. The highest BCUT2D eigenvalue weighted by Gasteiger charge is 2.15. The van der Waals surface area contributed by atoms with E-state index in [1.807, 2.05) is 49.1 Å². The summed E-state index contributed by atoms with van der Waals surface area (Å²) in [5, 5.41) is 16.6. The van der Waals surface area contributed by atoms with Gasteiger partial charge in [0.25, 0.3) is 0 Å². The Hall–Kier alpha value is -2.12. The van der Waals surface area contributed by atoms with E-state index >= 15 is 0 Å². The largest absolute Gasteiger partial charge is 0.311 e. The van der Waals surface area contributed by atoms with Crippen LogP contribution in [0.5, 0.6) is 0 Å². The van der Waals surface area contributed by atoms with Crippen LogP contribution in [0.4, 0.5) is 0 Å². The third-order valence-corrected chi connectivity index (χ3v) is 3.07. The van der Waals surface area contributed by atoms with Crippen LogP contribution in [-0.2, 0) is 13.1 Å². The molecular weight excluding hydrogens is 248 g/mol. The summed E-state index contributed by atoms with van der Waals surface area (Å²) in [4.78, 5) is 0. The summed E-state index contributed by atoms with van der Waals surface area (Å²) < 4.78 is 1.93. The fourth-order valence-electron chi connectivity index (χ4n) is 1.91. The Morgan fingerprint density at radius 2 is 2.00 bits per heavy atom. The molecule has 1 aromatic heterocycles. The Morgan fingerprint density at radius 1 is 1.25 bits per heavy atom. The topological polar surface area (TPSA) is 53.6 Å². The number of benzene rings is 1. The van der Waals surface area contributed by atoms with E-state index in [0.29, 0.717) is 6.54 Å². The van der Waals surface area contributed by atoms with E-state index in [-0.39, 0.29) is 5.41 Å². The van der Waals surface area contributed by atoms with Gasteiger partial charge in [0.1, 0.15) is 0 Å². The Labute approximate surface area is 120 Å². The van der Waals surface area contributed by atoms with Crippen LogP contribution in [0.2, 0.25) is 0 Å². The number of rotatable bonds is 6. The molecular formula is C16H20N4. The molecule has 0 saturated heterocycles. The van der Waals surface area contributed by atoms with E-state index < -0.39 is 0 Å². The molecule has 0 aliphatic carbocycles. The van der Waals surface area contributed by atoms with Crippen molar-refractivity contribution < 1.29 is 0 Å². The van der Waals surface area contributed by atoms with Crippen molar-refractivity contribution in [3.63, 3.8) is 0 Å². The summed E-state index contributed by atoms with van der Waals surface area (Å²) in [6.45, 7) is 6.05. The molecule has 20 heavy (non-hydrogen) atoms. The average Bonchev–Trinajstić information content (AvgIpc) is 2.87. The highest BCUT2D eigenvalue weighted by atomic mass is 15.3. The van der Waals surface area contributed by atoms with Gasteiger partial charge in [-0.2, -0.15) is 10.4 Å². The van der Waals surface area contributed by atoms with Crippen molar-refractivity contribution in [3.05, 3.63) is 53.9 Å². The lowest BCUT2D eigenvalue weighted by atomic mass is 9.96. The molecule has 2 rings (SSSR count). The third kappa shape index (κ3) is 4.22. The number of nitrogens with zero attached hydrogens (tertiary/aromatic N) is 3. The van der Waals surface area contributed by atoms with Crippen LogP contribution in [0.1, 0.15) is 25.0 Å².